The highest BCUT2D eigenvalue weighted by molar-refractivity contribution is 7.22. The van der Waals surface area contributed by atoms with Gasteiger partial charge in [-0.3, -0.25) is 9.36 Å². The van der Waals surface area contributed by atoms with Crippen molar-refractivity contribution in [1.29, 1.82) is 0 Å². The number of hydrogen-bond donors (Lipinski definition) is 1. The highest BCUT2D eigenvalue weighted by atomic mass is 32.1. The average Bonchev–Trinajstić information content (AvgIpc) is 3.17. The molecule has 5 aromatic rings. The van der Waals surface area contributed by atoms with Crippen LogP contribution in [0.5, 0.6) is 5.75 Å². The lowest BCUT2D eigenvalue weighted by molar-refractivity contribution is 0.0922. The largest absolute Gasteiger partial charge is 0.490 e. The molecule has 3 aromatic carbocycles. The van der Waals surface area contributed by atoms with Gasteiger partial charge < -0.3 is 9.84 Å². The van der Waals surface area contributed by atoms with Crippen molar-refractivity contribution in [2.24, 2.45) is 0 Å². The van der Waals surface area contributed by atoms with Crippen LogP contribution in [0.3, 0.4) is 0 Å². The number of benzene rings is 3. The fourth-order valence-corrected chi connectivity index (χ4v) is 5.09. The first-order chi connectivity index (χ1) is 15.6. The molecule has 2 aromatic heterocycles. The quantitative estimate of drug-likeness (QED) is 0.401. The van der Waals surface area contributed by atoms with Crippen molar-refractivity contribution in [3.63, 3.8) is 0 Å². The zero-order valence-electron chi connectivity index (χ0n) is 17.6. The number of aryl methyl sites for hydroxylation is 1. The molecule has 0 saturated heterocycles. The first kappa shape index (κ1) is 20.4. The number of thiophene rings is 1. The molecular weight excluding hydrogens is 420 g/mol. The van der Waals surface area contributed by atoms with E-state index in [1.54, 1.807) is 0 Å². The molecule has 0 aliphatic heterocycles. The monoisotopic (exact) mass is 442 g/mol. The van der Waals surface area contributed by atoms with E-state index in [4.69, 9.17) is 4.74 Å². The van der Waals surface area contributed by atoms with Crippen LogP contribution in [0.25, 0.3) is 31.4 Å². The SMILES string of the molecule is Cc1c(-c2ccccc2)sc2ncn(CC(O)COc3cccc4ccccc34)c(=O)c12. The normalized spacial score (nSPS) is 12.3. The third-order valence-corrected chi connectivity index (χ3v) is 6.79. The Morgan fingerprint density at radius 3 is 2.62 bits per heavy atom. The molecule has 32 heavy (non-hydrogen) atoms. The van der Waals surface area contributed by atoms with Crippen molar-refractivity contribution in [3.8, 4) is 16.2 Å². The maximum Gasteiger partial charge on any atom is 0.262 e. The van der Waals surface area contributed by atoms with Gasteiger partial charge in [0.25, 0.3) is 5.56 Å². The van der Waals surface area contributed by atoms with Crippen LogP contribution in [0.2, 0.25) is 0 Å². The summed E-state index contributed by atoms with van der Waals surface area (Å²) in [6.45, 7) is 2.15. The lowest BCUT2D eigenvalue weighted by atomic mass is 10.1. The fraction of sp³-hybridized carbons (Fsp3) is 0.154. The van der Waals surface area contributed by atoms with Crippen LogP contribution >= 0.6 is 11.3 Å². The zero-order chi connectivity index (χ0) is 22.1. The standard InChI is InChI=1S/C26H22N2O3S/c1-17-23-25(32-24(17)19-9-3-2-4-10-19)27-16-28(26(23)30)14-20(29)15-31-22-13-7-11-18-8-5-6-12-21(18)22/h2-13,16,20,29H,14-15H2,1H3. The molecule has 2 heterocycles. The van der Waals surface area contributed by atoms with Crippen LogP contribution in [0.15, 0.2) is 83.9 Å². The third kappa shape index (κ3) is 3.79. The summed E-state index contributed by atoms with van der Waals surface area (Å²) in [4.78, 5) is 19.4. The third-order valence-electron chi connectivity index (χ3n) is 5.54. The summed E-state index contributed by atoms with van der Waals surface area (Å²) >= 11 is 1.52. The van der Waals surface area contributed by atoms with Gasteiger partial charge in [0.05, 0.1) is 18.3 Å². The van der Waals surface area contributed by atoms with Crippen LogP contribution in [0, 0.1) is 6.92 Å². The lowest BCUT2D eigenvalue weighted by Gasteiger charge is -2.15. The van der Waals surface area contributed by atoms with Crippen molar-refractivity contribution >= 4 is 32.3 Å². The van der Waals surface area contributed by atoms with Crippen LogP contribution in [0.4, 0.5) is 0 Å². The van der Waals surface area contributed by atoms with Crippen LogP contribution < -0.4 is 10.3 Å². The van der Waals surface area contributed by atoms with Crippen molar-refractivity contribution < 1.29 is 9.84 Å². The first-order valence-corrected chi connectivity index (χ1v) is 11.3. The van der Waals surface area contributed by atoms with E-state index in [1.165, 1.54) is 22.2 Å². The Hall–Kier alpha value is -3.48. The number of ether oxygens (including phenoxy) is 1. The van der Waals surface area contributed by atoms with Crippen LogP contribution in [-0.2, 0) is 6.54 Å². The molecule has 5 rings (SSSR count). The van der Waals surface area contributed by atoms with Gasteiger partial charge in [-0.1, -0.05) is 66.7 Å². The maximum absolute atomic E-state index is 13.2. The smallest absolute Gasteiger partial charge is 0.262 e. The van der Waals surface area contributed by atoms with Gasteiger partial charge in [-0.25, -0.2) is 4.98 Å². The van der Waals surface area contributed by atoms with Crippen molar-refractivity contribution in [1.82, 2.24) is 9.55 Å². The molecule has 0 amide bonds. The second kappa shape index (κ2) is 8.57. The van der Waals surface area contributed by atoms with Gasteiger partial charge >= 0.3 is 0 Å². The maximum atomic E-state index is 13.2. The van der Waals surface area contributed by atoms with E-state index in [1.807, 2.05) is 79.7 Å². The minimum Gasteiger partial charge on any atom is -0.490 e. The van der Waals surface area contributed by atoms with E-state index >= 15 is 0 Å². The number of aliphatic hydroxyl groups excluding tert-OH is 1. The molecule has 0 bridgehead atoms. The summed E-state index contributed by atoms with van der Waals surface area (Å²) < 4.78 is 7.35. The van der Waals surface area contributed by atoms with E-state index in [9.17, 15) is 9.90 Å². The van der Waals surface area contributed by atoms with Gasteiger partial charge in [0.2, 0.25) is 0 Å². The Balaban J connectivity index is 1.37. The fourth-order valence-electron chi connectivity index (χ4n) is 3.94. The van der Waals surface area contributed by atoms with Gasteiger partial charge in [0, 0.05) is 10.3 Å². The summed E-state index contributed by atoms with van der Waals surface area (Å²) in [5, 5.41) is 13.3. The predicted molar refractivity (Wildman–Crippen MR) is 130 cm³/mol. The number of nitrogens with zero attached hydrogens (tertiary/aromatic N) is 2. The molecule has 0 radical (unpaired) electrons. The molecular formula is C26H22N2O3S. The van der Waals surface area contributed by atoms with Crippen molar-refractivity contribution in [2.75, 3.05) is 6.61 Å². The second-order valence-electron chi connectivity index (χ2n) is 7.75. The van der Waals surface area contributed by atoms with Gasteiger partial charge in [0.1, 0.15) is 23.3 Å². The molecule has 0 fully saturated rings. The summed E-state index contributed by atoms with van der Waals surface area (Å²) in [5.41, 5.74) is 1.85. The molecule has 1 unspecified atom stereocenters. The van der Waals surface area contributed by atoms with E-state index < -0.39 is 6.10 Å². The molecule has 160 valence electrons. The lowest BCUT2D eigenvalue weighted by Crippen LogP contribution is -2.30. The number of rotatable bonds is 6. The Bertz CT molecular complexity index is 1450. The topological polar surface area (TPSA) is 64.3 Å². The summed E-state index contributed by atoms with van der Waals surface area (Å²) in [7, 11) is 0. The van der Waals surface area contributed by atoms with Crippen LogP contribution in [-0.4, -0.2) is 27.4 Å². The van der Waals surface area contributed by atoms with E-state index in [2.05, 4.69) is 4.98 Å². The summed E-state index contributed by atoms with van der Waals surface area (Å²) in [5.74, 6) is 0.712. The highest BCUT2D eigenvalue weighted by Gasteiger charge is 2.17. The van der Waals surface area contributed by atoms with Crippen LogP contribution in [0.1, 0.15) is 5.56 Å². The Morgan fingerprint density at radius 1 is 1.03 bits per heavy atom. The van der Waals surface area contributed by atoms with E-state index in [0.717, 1.165) is 26.8 Å². The van der Waals surface area contributed by atoms with E-state index in [0.29, 0.717) is 16.0 Å². The van der Waals surface area contributed by atoms with Crippen molar-refractivity contribution in [2.45, 2.75) is 19.6 Å². The summed E-state index contributed by atoms with van der Waals surface area (Å²) in [6.07, 6.45) is 0.662. The minimum absolute atomic E-state index is 0.0797. The number of aliphatic hydroxyl groups is 1. The average molecular weight is 443 g/mol. The molecule has 0 aliphatic rings. The zero-order valence-corrected chi connectivity index (χ0v) is 18.4. The molecule has 0 saturated carbocycles. The molecule has 5 nitrogen and oxygen atoms in total. The second-order valence-corrected chi connectivity index (χ2v) is 8.75. The minimum atomic E-state index is -0.849. The van der Waals surface area contributed by atoms with Gasteiger partial charge in [0.15, 0.2) is 0 Å². The molecule has 0 spiro atoms. The van der Waals surface area contributed by atoms with Gasteiger partial charge in [-0.2, -0.15) is 0 Å². The molecule has 0 aliphatic carbocycles. The highest BCUT2D eigenvalue weighted by Crippen LogP contribution is 2.35. The number of aromatic nitrogens is 2. The Kier molecular flexibility index (Phi) is 5.47. The molecule has 1 N–H and O–H groups in total. The molecule has 6 heteroatoms. The van der Waals surface area contributed by atoms with Gasteiger partial charge in [-0.05, 0) is 29.5 Å². The number of fused-ring (bicyclic) bond motifs is 2. The number of hydrogen-bond acceptors (Lipinski definition) is 5. The van der Waals surface area contributed by atoms with Gasteiger partial charge in [-0.15, -0.1) is 11.3 Å². The van der Waals surface area contributed by atoms with Crippen molar-refractivity contribution in [3.05, 3.63) is 95.0 Å². The Labute approximate surface area is 189 Å². The molecule has 1 atom stereocenters. The summed E-state index contributed by atoms with van der Waals surface area (Å²) in [6, 6.07) is 23.8. The first-order valence-electron chi connectivity index (χ1n) is 10.4. The predicted octanol–water partition coefficient (Wildman–Crippen LogP) is 5.03. The van der Waals surface area contributed by atoms with E-state index in [-0.39, 0.29) is 18.7 Å². The Morgan fingerprint density at radius 2 is 1.78 bits per heavy atom.